The topological polar surface area (TPSA) is 49.3 Å². The number of hydrogen-bond acceptors (Lipinski definition) is 3. The predicted molar refractivity (Wildman–Crippen MR) is 80.7 cm³/mol. The Morgan fingerprint density at radius 3 is 2.74 bits per heavy atom. The highest BCUT2D eigenvalue weighted by Crippen LogP contribution is 2.22. The molecule has 19 heavy (non-hydrogen) atoms. The highest BCUT2D eigenvalue weighted by Gasteiger charge is 2.10. The quantitative estimate of drug-likeness (QED) is 0.770. The summed E-state index contributed by atoms with van der Waals surface area (Å²) in [6.07, 6.45) is 3.94. The Kier molecular flexibility index (Phi) is 7.10. The van der Waals surface area contributed by atoms with Crippen LogP contribution in [-0.2, 0) is 11.2 Å². The van der Waals surface area contributed by atoms with Crippen LogP contribution in [0.5, 0.6) is 0 Å². The molecule has 1 aromatic heterocycles. The molecule has 108 valence electrons. The van der Waals surface area contributed by atoms with Crippen LogP contribution < -0.4 is 5.32 Å². The molecule has 0 aliphatic carbocycles. The normalized spacial score (nSPS) is 12.4. The van der Waals surface area contributed by atoms with Crippen LogP contribution in [0.1, 0.15) is 47.9 Å². The maximum Gasteiger partial charge on any atom is 0.220 e. The first-order chi connectivity index (χ1) is 9.06. The Hall–Kier alpha value is -0.870. The van der Waals surface area contributed by atoms with Gasteiger partial charge in [-0.3, -0.25) is 4.79 Å². The van der Waals surface area contributed by atoms with Crippen molar-refractivity contribution in [3.63, 3.8) is 0 Å². The van der Waals surface area contributed by atoms with Gasteiger partial charge in [0.25, 0.3) is 0 Å². The maximum atomic E-state index is 11.8. The van der Waals surface area contributed by atoms with E-state index in [1.807, 2.05) is 18.3 Å². The molecule has 1 unspecified atom stereocenters. The predicted octanol–water partition coefficient (Wildman–Crippen LogP) is 2.96. The summed E-state index contributed by atoms with van der Waals surface area (Å²) < 4.78 is 0. The van der Waals surface area contributed by atoms with Crippen LogP contribution in [0.15, 0.2) is 6.07 Å². The number of hydrogen-bond donors (Lipinski definition) is 2. The number of aryl methyl sites for hydroxylation is 3. The molecule has 1 amide bonds. The molecular formula is C15H25NO2S. The second-order valence-electron chi connectivity index (χ2n) is 4.98. The van der Waals surface area contributed by atoms with Crippen LogP contribution in [0.25, 0.3) is 0 Å². The van der Waals surface area contributed by atoms with Crippen molar-refractivity contribution in [3.8, 4) is 0 Å². The lowest BCUT2D eigenvalue weighted by Gasteiger charge is -2.15. The van der Waals surface area contributed by atoms with Gasteiger partial charge in [-0.05, 0) is 51.2 Å². The van der Waals surface area contributed by atoms with Crippen molar-refractivity contribution in [3.05, 3.63) is 21.4 Å². The van der Waals surface area contributed by atoms with E-state index in [2.05, 4.69) is 25.2 Å². The van der Waals surface area contributed by atoms with Gasteiger partial charge in [0, 0.05) is 28.8 Å². The first-order valence-corrected chi connectivity index (χ1v) is 7.84. The Balaban J connectivity index is 2.28. The summed E-state index contributed by atoms with van der Waals surface area (Å²) in [4.78, 5) is 14.5. The van der Waals surface area contributed by atoms with Crippen molar-refractivity contribution in [2.45, 2.75) is 58.9 Å². The van der Waals surface area contributed by atoms with Gasteiger partial charge in [0.15, 0.2) is 0 Å². The van der Waals surface area contributed by atoms with Crippen molar-refractivity contribution in [1.29, 1.82) is 0 Å². The van der Waals surface area contributed by atoms with E-state index < -0.39 is 0 Å². The SMILES string of the molecule is CCC(CCO)NC(=O)CCCc1cc(C)sc1C. The zero-order chi connectivity index (χ0) is 14.3. The van der Waals surface area contributed by atoms with E-state index in [4.69, 9.17) is 5.11 Å². The number of carbonyl (C=O) groups excluding carboxylic acids is 1. The van der Waals surface area contributed by atoms with Gasteiger partial charge in [0.1, 0.15) is 0 Å². The van der Waals surface area contributed by atoms with Crippen LogP contribution in [0, 0.1) is 13.8 Å². The second kappa shape index (κ2) is 8.33. The van der Waals surface area contributed by atoms with Gasteiger partial charge < -0.3 is 10.4 Å². The Labute approximate surface area is 120 Å². The summed E-state index contributed by atoms with van der Waals surface area (Å²) >= 11 is 1.82. The molecule has 1 aromatic rings. The second-order valence-corrected chi connectivity index (χ2v) is 6.44. The zero-order valence-corrected chi connectivity index (χ0v) is 13.0. The molecular weight excluding hydrogens is 258 g/mol. The van der Waals surface area contributed by atoms with Gasteiger partial charge >= 0.3 is 0 Å². The Bertz CT molecular complexity index is 401. The van der Waals surface area contributed by atoms with Crippen molar-refractivity contribution < 1.29 is 9.90 Å². The molecule has 3 nitrogen and oxygen atoms in total. The average molecular weight is 283 g/mol. The minimum Gasteiger partial charge on any atom is -0.396 e. The van der Waals surface area contributed by atoms with E-state index in [9.17, 15) is 4.79 Å². The van der Waals surface area contributed by atoms with Gasteiger partial charge in [-0.25, -0.2) is 0 Å². The molecule has 0 aliphatic heterocycles. The molecule has 1 rings (SSSR count). The van der Waals surface area contributed by atoms with Crippen LogP contribution >= 0.6 is 11.3 Å². The van der Waals surface area contributed by atoms with E-state index in [0.717, 1.165) is 19.3 Å². The highest BCUT2D eigenvalue weighted by molar-refractivity contribution is 7.12. The van der Waals surface area contributed by atoms with Crippen molar-refractivity contribution in [1.82, 2.24) is 5.32 Å². The first-order valence-electron chi connectivity index (χ1n) is 7.03. The zero-order valence-electron chi connectivity index (χ0n) is 12.2. The molecule has 0 spiro atoms. The summed E-state index contributed by atoms with van der Waals surface area (Å²) in [5.41, 5.74) is 1.37. The summed E-state index contributed by atoms with van der Waals surface area (Å²) in [5, 5.41) is 11.9. The number of aliphatic hydroxyl groups is 1. The van der Waals surface area contributed by atoms with Crippen LogP contribution in [0.4, 0.5) is 0 Å². The fourth-order valence-corrected chi connectivity index (χ4v) is 3.18. The first kappa shape index (κ1) is 16.2. The monoisotopic (exact) mass is 283 g/mol. The molecule has 0 saturated heterocycles. The molecule has 4 heteroatoms. The van der Waals surface area contributed by atoms with E-state index >= 15 is 0 Å². The molecule has 0 radical (unpaired) electrons. The number of aliphatic hydroxyl groups excluding tert-OH is 1. The molecule has 0 aliphatic rings. The smallest absolute Gasteiger partial charge is 0.220 e. The summed E-state index contributed by atoms with van der Waals surface area (Å²) in [6.45, 7) is 6.42. The van der Waals surface area contributed by atoms with Crippen molar-refractivity contribution in [2.24, 2.45) is 0 Å². The molecule has 2 N–H and O–H groups in total. The van der Waals surface area contributed by atoms with E-state index in [1.165, 1.54) is 15.3 Å². The highest BCUT2D eigenvalue weighted by atomic mass is 32.1. The van der Waals surface area contributed by atoms with Crippen molar-refractivity contribution >= 4 is 17.2 Å². The third-order valence-corrected chi connectivity index (χ3v) is 4.34. The largest absolute Gasteiger partial charge is 0.396 e. The fraction of sp³-hybridized carbons (Fsp3) is 0.667. The minimum atomic E-state index is 0.102. The molecule has 0 bridgehead atoms. The maximum absolute atomic E-state index is 11.8. The van der Waals surface area contributed by atoms with Crippen LogP contribution in [0.3, 0.4) is 0 Å². The summed E-state index contributed by atoms with van der Waals surface area (Å²) in [5.74, 6) is 0.102. The lowest BCUT2D eigenvalue weighted by Crippen LogP contribution is -2.34. The molecule has 0 saturated carbocycles. The Morgan fingerprint density at radius 2 is 2.21 bits per heavy atom. The van der Waals surface area contributed by atoms with E-state index in [-0.39, 0.29) is 18.6 Å². The molecule has 1 atom stereocenters. The van der Waals surface area contributed by atoms with Gasteiger partial charge in [-0.1, -0.05) is 6.92 Å². The van der Waals surface area contributed by atoms with Crippen molar-refractivity contribution in [2.75, 3.05) is 6.61 Å². The third kappa shape index (κ3) is 5.74. The Morgan fingerprint density at radius 1 is 1.47 bits per heavy atom. The number of rotatable bonds is 8. The van der Waals surface area contributed by atoms with Crippen LogP contribution in [0.2, 0.25) is 0 Å². The minimum absolute atomic E-state index is 0.102. The number of thiophene rings is 1. The fourth-order valence-electron chi connectivity index (χ4n) is 2.21. The van der Waals surface area contributed by atoms with E-state index in [1.54, 1.807) is 0 Å². The summed E-state index contributed by atoms with van der Waals surface area (Å²) in [7, 11) is 0. The standard InChI is InChI=1S/C15H25NO2S/c1-4-14(8-9-17)16-15(18)7-5-6-13-10-11(2)19-12(13)3/h10,14,17H,4-9H2,1-3H3,(H,16,18). The van der Waals surface area contributed by atoms with Gasteiger partial charge in [-0.2, -0.15) is 0 Å². The lowest BCUT2D eigenvalue weighted by molar-refractivity contribution is -0.122. The number of amides is 1. The van der Waals surface area contributed by atoms with E-state index in [0.29, 0.717) is 12.8 Å². The van der Waals surface area contributed by atoms with Gasteiger partial charge in [0.2, 0.25) is 5.91 Å². The molecule has 0 fully saturated rings. The van der Waals surface area contributed by atoms with Gasteiger partial charge in [-0.15, -0.1) is 11.3 Å². The lowest BCUT2D eigenvalue weighted by atomic mass is 10.1. The van der Waals surface area contributed by atoms with Gasteiger partial charge in [0.05, 0.1) is 0 Å². The third-order valence-electron chi connectivity index (χ3n) is 3.33. The molecule has 0 aromatic carbocycles. The number of nitrogens with one attached hydrogen (secondary N) is 1. The van der Waals surface area contributed by atoms with Crippen LogP contribution in [-0.4, -0.2) is 23.7 Å². The molecule has 1 heterocycles. The average Bonchev–Trinajstić information content (AvgIpc) is 2.67. The number of carbonyl (C=O) groups is 1. The summed E-state index contributed by atoms with van der Waals surface area (Å²) in [6, 6.07) is 2.33.